The van der Waals surface area contributed by atoms with Crippen LogP contribution in [0.3, 0.4) is 0 Å². The molecule has 0 bridgehead atoms. The number of anilines is 1. The predicted octanol–water partition coefficient (Wildman–Crippen LogP) is 3.27. The normalized spacial score (nSPS) is 19.1. The van der Waals surface area contributed by atoms with Crippen LogP contribution in [0.4, 0.5) is 5.82 Å². The largest absolute Gasteiger partial charge is 0.457 e. The van der Waals surface area contributed by atoms with Crippen molar-refractivity contribution in [2.75, 3.05) is 18.4 Å². The van der Waals surface area contributed by atoms with Crippen LogP contribution in [0.1, 0.15) is 16.8 Å². The molecular weight excluding hydrogens is 418 g/mol. The molecule has 33 heavy (non-hydrogen) atoms. The number of rotatable bonds is 5. The Bertz CT molecular complexity index is 1200. The number of likely N-dealkylation sites (tertiary alicyclic amines) is 1. The summed E-state index contributed by atoms with van der Waals surface area (Å²) in [6, 6.07) is 17.1. The van der Waals surface area contributed by atoms with Gasteiger partial charge >= 0.3 is 0 Å². The maximum absolute atomic E-state index is 12.4. The van der Waals surface area contributed by atoms with Gasteiger partial charge in [-0.25, -0.2) is 4.68 Å². The van der Waals surface area contributed by atoms with E-state index in [1.54, 1.807) is 4.68 Å². The molecule has 8 heteroatoms. The van der Waals surface area contributed by atoms with Crippen molar-refractivity contribution in [3.8, 4) is 22.8 Å². The Balaban J connectivity index is 1.42. The van der Waals surface area contributed by atoms with Crippen LogP contribution in [0.25, 0.3) is 11.3 Å². The number of nitrogens with two attached hydrogens (primary N) is 1. The first-order valence-corrected chi connectivity index (χ1v) is 11.0. The number of piperidine rings is 1. The van der Waals surface area contributed by atoms with Gasteiger partial charge in [0, 0.05) is 37.2 Å². The fraction of sp³-hybridized carbons (Fsp3) is 0.240. The second-order valence-electron chi connectivity index (χ2n) is 8.35. The van der Waals surface area contributed by atoms with Gasteiger partial charge in [-0.3, -0.25) is 9.59 Å². The van der Waals surface area contributed by atoms with Crippen LogP contribution >= 0.6 is 0 Å². The van der Waals surface area contributed by atoms with Crippen molar-refractivity contribution in [1.29, 1.82) is 0 Å². The third-order valence-electron chi connectivity index (χ3n) is 6.26. The van der Waals surface area contributed by atoms with Gasteiger partial charge in [0.25, 0.3) is 5.91 Å². The molecule has 2 atom stereocenters. The average molecular weight is 444 g/mol. The molecule has 1 fully saturated rings. The number of para-hydroxylation sites is 1. The second-order valence-corrected chi connectivity index (χ2v) is 8.35. The van der Waals surface area contributed by atoms with E-state index in [-0.39, 0.29) is 17.9 Å². The van der Waals surface area contributed by atoms with Crippen LogP contribution in [0.2, 0.25) is 0 Å². The summed E-state index contributed by atoms with van der Waals surface area (Å²) in [5.41, 5.74) is 7.48. The zero-order valence-corrected chi connectivity index (χ0v) is 18.1. The number of primary amides is 1. The van der Waals surface area contributed by atoms with Gasteiger partial charge in [0.2, 0.25) is 5.91 Å². The third kappa shape index (κ3) is 3.95. The minimum Gasteiger partial charge on any atom is -0.457 e. The Morgan fingerprint density at radius 1 is 1.09 bits per heavy atom. The van der Waals surface area contributed by atoms with Gasteiger partial charge in [0.05, 0.1) is 0 Å². The van der Waals surface area contributed by atoms with E-state index in [4.69, 9.17) is 15.6 Å². The van der Waals surface area contributed by atoms with E-state index in [9.17, 15) is 9.59 Å². The highest BCUT2D eigenvalue weighted by molar-refractivity contribution is 6.04. The molecule has 2 aliphatic rings. The van der Waals surface area contributed by atoms with Crippen LogP contribution in [-0.4, -0.2) is 45.6 Å². The molecule has 8 nitrogen and oxygen atoms in total. The molecule has 3 aromatic rings. The van der Waals surface area contributed by atoms with Crippen molar-refractivity contribution in [1.82, 2.24) is 14.7 Å². The first-order chi connectivity index (χ1) is 16.0. The van der Waals surface area contributed by atoms with E-state index < -0.39 is 5.91 Å². The molecule has 0 unspecified atom stereocenters. The SMILES string of the molecule is C=CC(=O)N1CC[C@@H]2Nc3c(C(N)=O)c(-c4ccc(Oc5ccccc5)cc4)nn3C[C@@H]2C1. The van der Waals surface area contributed by atoms with Crippen molar-refractivity contribution >= 4 is 17.6 Å². The number of ether oxygens (including phenoxy) is 1. The van der Waals surface area contributed by atoms with Crippen LogP contribution in [0, 0.1) is 5.92 Å². The van der Waals surface area contributed by atoms with Crippen LogP contribution in [-0.2, 0) is 11.3 Å². The maximum Gasteiger partial charge on any atom is 0.254 e. The van der Waals surface area contributed by atoms with Crippen molar-refractivity contribution in [2.24, 2.45) is 11.7 Å². The van der Waals surface area contributed by atoms with E-state index in [1.807, 2.05) is 59.5 Å². The number of hydrogen-bond acceptors (Lipinski definition) is 5. The summed E-state index contributed by atoms with van der Waals surface area (Å²) in [5.74, 6) is 1.68. The van der Waals surface area contributed by atoms with Gasteiger partial charge in [0.1, 0.15) is 28.6 Å². The van der Waals surface area contributed by atoms with E-state index in [0.717, 1.165) is 17.7 Å². The van der Waals surface area contributed by atoms with Crippen molar-refractivity contribution < 1.29 is 14.3 Å². The predicted molar refractivity (Wildman–Crippen MR) is 125 cm³/mol. The van der Waals surface area contributed by atoms with E-state index in [0.29, 0.717) is 42.5 Å². The molecule has 3 heterocycles. The molecule has 2 aromatic carbocycles. The summed E-state index contributed by atoms with van der Waals surface area (Å²) in [7, 11) is 0. The lowest BCUT2D eigenvalue weighted by molar-refractivity contribution is -0.128. The highest BCUT2D eigenvalue weighted by atomic mass is 16.5. The number of carbonyl (C=O) groups excluding carboxylic acids is 2. The molecule has 0 saturated carbocycles. The van der Waals surface area contributed by atoms with E-state index >= 15 is 0 Å². The van der Waals surface area contributed by atoms with Gasteiger partial charge in [0.15, 0.2) is 0 Å². The number of hydrogen-bond donors (Lipinski definition) is 2. The van der Waals surface area contributed by atoms with Crippen LogP contribution < -0.4 is 15.8 Å². The summed E-state index contributed by atoms with van der Waals surface area (Å²) in [6.45, 7) is 5.46. The fourth-order valence-corrected chi connectivity index (χ4v) is 4.62. The summed E-state index contributed by atoms with van der Waals surface area (Å²) in [6.07, 6.45) is 2.14. The summed E-state index contributed by atoms with van der Waals surface area (Å²) < 4.78 is 7.66. The van der Waals surface area contributed by atoms with E-state index in [2.05, 4.69) is 11.9 Å². The summed E-state index contributed by atoms with van der Waals surface area (Å²) >= 11 is 0. The lowest BCUT2D eigenvalue weighted by Crippen LogP contribution is -2.52. The standard InChI is InChI=1S/C25H25N5O3/c1-2-21(31)29-13-12-20-17(14-29)15-30-25(27-20)22(24(26)32)23(28-30)16-8-10-19(11-9-16)33-18-6-4-3-5-7-18/h2-11,17,20,27H,1,12-15H2,(H2,26,32)/t17-,20-/m0/s1. The first kappa shape index (κ1) is 20.8. The Morgan fingerprint density at radius 3 is 2.52 bits per heavy atom. The lowest BCUT2D eigenvalue weighted by Gasteiger charge is -2.41. The maximum atomic E-state index is 12.4. The van der Waals surface area contributed by atoms with Crippen molar-refractivity contribution in [2.45, 2.75) is 19.0 Å². The molecule has 168 valence electrons. The number of fused-ring (bicyclic) bond motifs is 2. The number of benzene rings is 2. The number of nitrogens with zero attached hydrogens (tertiary/aromatic N) is 3. The zero-order chi connectivity index (χ0) is 22.9. The number of carbonyl (C=O) groups is 2. The smallest absolute Gasteiger partial charge is 0.254 e. The van der Waals surface area contributed by atoms with Crippen molar-refractivity contribution in [3.05, 3.63) is 72.8 Å². The van der Waals surface area contributed by atoms with Gasteiger partial charge in [-0.2, -0.15) is 5.10 Å². The van der Waals surface area contributed by atoms with Crippen molar-refractivity contribution in [3.63, 3.8) is 0 Å². The second kappa shape index (κ2) is 8.46. The van der Waals surface area contributed by atoms with E-state index in [1.165, 1.54) is 6.08 Å². The Kier molecular flexibility index (Phi) is 5.34. The van der Waals surface area contributed by atoms with Crippen LogP contribution in [0.5, 0.6) is 11.5 Å². The highest BCUT2D eigenvalue weighted by Gasteiger charge is 2.37. The molecular formula is C25H25N5O3. The number of nitrogens with one attached hydrogen (secondary N) is 1. The molecule has 5 rings (SSSR count). The quantitative estimate of drug-likeness (QED) is 0.589. The lowest BCUT2D eigenvalue weighted by atomic mass is 9.90. The molecule has 2 amide bonds. The van der Waals surface area contributed by atoms with Gasteiger partial charge in [-0.1, -0.05) is 24.8 Å². The minimum absolute atomic E-state index is 0.0592. The average Bonchev–Trinajstić information content (AvgIpc) is 3.21. The van der Waals surface area contributed by atoms with Gasteiger partial charge in [-0.05, 0) is 48.9 Å². The fourth-order valence-electron chi connectivity index (χ4n) is 4.62. The number of aromatic nitrogens is 2. The molecule has 2 aliphatic heterocycles. The molecule has 0 radical (unpaired) electrons. The zero-order valence-electron chi connectivity index (χ0n) is 18.1. The Morgan fingerprint density at radius 2 is 1.82 bits per heavy atom. The first-order valence-electron chi connectivity index (χ1n) is 11.0. The topological polar surface area (TPSA) is 102 Å². The molecule has 3 N–H and O–H groups in total. The number of amides is 2. The molecule has 0 aliphatic carbocycles. The molecule has 1 aromatic heterocycles. The Hall–Kier alpha value is -4.07. The summed E-state index contributed by atoms with van der Waals surface area (Å²) in [4.78, 5) is 26.3. The van der Waals surface area contributed by atoms with Gasteiger partial charge in [-0.15, -0.1) is 0 Å². The van der Waals surface area contributed by atoms with Crippen LogP contribution in [0.15, 0.2) is 67.3 Å². The third-order valence-corrected chi connectivity index (χ3v) is 6.26. The van der Waals surface area contributed by atoms with Gasteiger partial charge < -0.3 is 20.7 Å². The monoisotopic (exact) mass is 443 g/mol. The minimum atomic E-state index is -0.527. The molecule has 1 saturated heterocycles. The highest BCUT2D eigenvalue weighted by Crippen LogP contribution is 2.36. The Labute approximate surface area is 191 Å². The summed E-state index contributed by atoms with van der Waals surface area (Å²) in [5, 5.41) is 8.20. The molecule has 0 spiro atoms.